The summed E-state index contributed by atoms with van der Waals surface area (Å²) in [6, 6.07) is 7.12. The Morgan fingerprint density at radius 3 is 2.52 bits per heavy atom. The van der Waals surface area contributed by atoms with Gasteiger partial charge in [0.05, 0.1) is 19.8 Å². The number of halogens is 3. The van der Waals surface area contributed by atoms with E-state index >= 15 is 0 Å². The lowest BCUT2D eigenvalue weighted by atomic mass is 9.87. The van der Waals surface area contributed by atoms with E-state index in [0.29, 0.717) is 24.4 Å². The van der Waals surface area contributed by atoms with E-state index in [2.05, 4.69) is 36.5 Å². The minimum absolute atomic E-state index is 0.0179. The van der Waals surface area contributed by atoms with Crippen LogP contribution in [0.4, 0.5) is 23.7 Å². The summed E-state index contributed by atoms with van der Waals surface area (Å²) in [6.45, 7) is 6.87. The van der Waals surface area contributed by atoms with Crippen LogP contribution in [-0.2, 0) is 35.9 Å². The molecule has 2 heterocycles. The maximum atomic E-state index is 13.2. The van der Waals surface area contributed by atoms with Crippen molar-refractivity contribution < 1.29 is 22.7 Å². The Morgan fingerprint density at radius 1 is 1.21 bits per heavy atom. The van der Waals surface area contributed by atoms with Crippen molar-refractivity contribution in [2.45, 2.75) is 51.9 Å². The molecule has 0 fully saturated rings. The fourth-order valence-electron chi connectivity index (χ4n) is 3.23. The molecule has 0 atom stereocenters. The van der Waals surface area contributed by atoms with Gasteiger partial charge in [-0.2, -0.15) is 18.3 Å². The van der Waals surface area contributed by atoms with Crippen molar-refractivity contribution in [2.75, 3.05) is 18.5 Å². The number of carbonyl (C=O) groups excluding carboxylic acids is 1. The molecule has 0 spiro atoms. The Balaban J connectivity index is 1.57. The third-order valence-electron chi connectivity index (χ3n) is 4.78. The van der Waals surface area contributed by atoms with Crippen molar-refractivity contribution in [1.82, 2.24) is 15.1 Å². The molecular weight excluding hydrogens is 385 g/mol. The van der Waals surface area contributed by atoms with Gasteiger partial charge in [0, 0.05) is 29.9 Å². The second-order valence-corrected chi connectivity index (χ2v) is 8.01. The summed E-state index contributed by atoms with van der Waals surface area (Å²) in [6.07, 6.45) is -4.16. The van der Waals surface area contributed by atoms with Crippen molar-refractivity contribution in [2.24, 2.45) is 0 Å². The monoisotopic (exact) mass is 410 g/mol. The van der Waals surface area contributed by atoms with Crippen LogP contribution >= 0.6 is 0 Å². The molecule has 1 aromatic heterocycles. The standard InChI is InChI=1S/C20H25F3N4O2/c1-19(2,3)13-4-6-14(7-5-13)25-18(28)24-9-10-27-16-8-11-29-12-15(16)17(26-27)20(21,22)23/h4-7H,8-12H2,1-3H3,(H2,24,25,28). The van der Waals surface area contributed by atoms with Gasteiger partial charge in [-0.15, -0.1) is 0 Å². The van der Waals surface area contributed by atoms with E-state index in [-0.39, 0.29) is 30.7 Å². The van der Waals surface area contributed by atoms with Gasteiger partial charge >= 0.3 is 12.2 Å². The third kappa shape index (κ3) is 5.09. The highest BCUT2D eigenvalue weighted by molar-refractivity contribution is 5.89. The Bertz CT molecular complexity index is 868. The van der Waals surface area contributed by atoms with Crippen LogP contribution < -0.4 is 10.6 Å². The Hall–Kier alpha value is -2.55. The highest BCUT2D eigenvalue weighted by Gasteiger charge is 2.39. The first-order chi connectivity index (χ1) is 13.6. The Kier molecular flexibility index (Phi) is 5.88. The molecule has 1 aromatic carbocycles. The second-order valence-electron chi connectivity index (χ2n) is 8.01. The molecule has 0 radical (unpaired) electrons. The largest absolute Gasteiger partial charge is 0.435 e. The number of alkyl halides is 3. The van der Waals surface area contributed by atoms with E-state index in [1.54, 1.807) is 0 Å². The topological polar surface area (TPSA) is 68.2 Å². The van der Waals surface area contributed by atoms with E-state index in [4.69, 9.17) is 4.74 Å². The quantitative estimate of drug-likeness (QED) is 0.798. The number of urea groups is 1. The summed E-state index contributed by atoms with van der Waals surface area (Å²) in [4.78, 5) is 12.1. The van der Waals surface area contributed by atoms with Crippen LogP contribution in [0.5, 0.6) is 0 Å². The average Bonchev–Trinajstić information content (AvgIpc) is 3.01. The zero-order chi connectivity index (χ0) is 21.2. The number of nitrogens with zero attached hydrogens (tertiary/aromatic N) is 2. The highest BCUT2D eigenvalue weighted by Crippen LogP contribution is 2.34. The van der Waals surface area contributed by atoms with Crippen LogP contribution in [0, 0.1) is 0 Å². The van der Waals surface area contributed by atoms with E-state index < -0.39 is 17.9 Å². The van der Waals surface area contributed by atoms with Crippen molar-refractivity contribution in [3.05, 3.63) is 46.8 Å². The number of amides is 2. The molecule has 0 unspecified atom stereocenters. The second kappa shape index (κ2) is 8.06. The zero-order valence-electron chi connectivity index (χ0n) is 16.7. The maximum absolute atomic E-state index is 13.2. The van der Waals surface area contributed by atoms with Gasteiger partial charge in [-0.05, 0) is 23.1 Å². The van der Waals surface area contributed by atoms with Crippen LogP contribution in [-0.4, -0.2) is 29.0 Å². The number of benzene rings is 1. The number of anilines is 1. The number of carbonyl (C=O) groups is 1. The van der Waals surface area contributed by atoms with Gasteiger partial charge in [-0.3, -0.25) is 4.68 Å². The fourth-order valence-corrected chi connectivity index (χ4v) is 3.23. The zero-order valence-corrected chi connectivity index (χ0v) is 16.7. The Morgan fingerprint density at radius 2 is 1.90 bits per heavy atom. The molecule has 6 nitrogen and oxygen atoms in total. The van der Waals surface area contributed by atoms with Crippen LogP contribution in [0.3, 0.4) is 0 Å². The smallest absolute Gasteiger partial charge is 0.376 e. The van der Waals surface area contributed by atoms with Gasteiger partial charge in [-0.25, -0.2) is 4.79 Å². The number of hydrogen-bond donors (Lipinski definition) is 2. The minimum Gasteiger partial charge on any atom is -0.376 e. The van der Waals surface area contributed by atoms with Crippen molar-refractivity contribution in [1.29, 1.82) is 0 Å². The average molecular weight is 410 g/mol. The van der Waals surface area contributed by atoms with Gasteiger partial charge in [0.15, 0.2) is 5.69 Å². The number of rotatable bonds is 4. The summed E-state index contributed by atoms with van der Waals surface area (Å²) in [7, 11) is 0. The number of aromatic nitrogens is 2. The molecule has 0 saturated heterocycles. The summed E-state index contributed by atoms with van der Waals surface area (Å²) in [5.41, 5.74) is 1.51. The van der Waals surface area contributed by atoms with Gasteiger partial charge in [0.25, 0.3) is 0 Å². The van der Waals surface area contributed by atoms with Gasteiger partial charge in [0.2, 0.25) is 0 Å². The molecule has 9 heteroatoms. The lowest BCUT2D eigenvalue weighted by Crippen LogP contribution is -2.32. The molecule has 0 aliphatic carbocycles. The molecule has 2 amide bonds. The lowest BCUT2D eigenvalue weighted by Gasteiger charge is -2.19. The van der Waals surface area contributed by atoms with E-state index in [1.807, 2.05) is 24.3 Å². The predicted molar refractivity (Wildman–Crippen MR) is 103 cm³/mol. The number of fused-ring (bicyclic) bond motifs is 1. The molecular formula is C20H25F3N4O2. The van der Waals surface area contributed by atoms with Crippen LogP contribution in [0.1, 0.15) is 43.3 Å². The Labute approximate surface area is 167 Å². The van der Waals surface area contributed by atoms with E-state index in [9.17, 15) is 18.0 Å². The molecule has 1 aliphatic rings. The van der Waals surface area contributed by atoms with Crippen molar-refractivity contribution in [3.8, 4) is 0 Å². The third-order valence-corrected chi connectivity index (χ3v) is 4.78. The molecule has 29 heavy (non-hydrogen) atoms. The van der Waals surface area contributed by atoms with Crippen LogP contribution in [0.2, 0.25) is 0 Å². The first-order valence-corrected chi connectivity index (χ1v) is 9.44. The van der Waals surface area contributed by atoms with Gasteiger partial charge in [0.1, 0.15) is 0 Å². The number of nitrogens with one attached hydrogen (secondary N) is 2. The van der Waals surface area contributed by atoms with Crippen LogP contribution in [0.25, 0.3) is 0 Å². The van der Waals surface area contributed by atoms with Gasteiger partial charge in [-0.1, -0.05) is 32.9 Å². The molecule has 0 bridgehead atoms. The highest BCUT2D eigenvalue weighted by atomic mass is 19.4. The fraction of sp³-hybridized carbons (Fsp3) is 0.500. The molecule has 2 N–H and O–H groups in total. The predicted octanol–water partition coefficient (Wildman–Crippen LogP) is 4.09. The summed E-state index contributed by atoms with van der Waals surface area (Å²) in [5, 5.41) is 9.09. The van der Waals surface area contributed by atoms with E-state index in [1.165, 1.54) is 4.68 Å². The minimum atomic E-state index is -4.53. The first kappa shape index (κ1) is 21.2. The SMILES string of the molecule is CC(C)(C)c1ccc(NC(=O)NCCn2nc(C(F)(F)F)c3c2CCOC3)cc1. The lowest BCUT2D eigenvalue weighted by molar-refractivity contribution is -0.142. The molecule has 0 saturated carbocycles. The van der Waals surface area contributed by atoms with Crippen molar-refractivity contribution in [3.63, 3.8) is 0 Å². The number of ether oxygens (including phenoxy) is 1. The summed E-state index contributed by atoms with van der Waals surface area (Å²) >= 11 is 0. The maximum Gasteiger partial charge on any atom is 0.435 e. The molecule has 2 aromatic rings. The van der Waals surface area contributed by atoms with Gasteiger partial charge < -0.3 is 15.4 Å². The van der Waals surface area contributed by atoms with Crippen LogP contribution in [0.15, 0.2) is 24.3 Å². The molecule has 3 rings (SSSR count). The summed E-state index contributed by atoms with van der Waals surface area (Å²) < 4.78 is 46.0. The summed E-state index contributed by atoms with van der Waals surface area (Å²) in [5.74, 6) is 0. The first-order valence-electron chi connectivity index (χ1n) is 9.44. The van der Waals surface area contributed by atoms with Crippen molar-refractivity contribution >= 4 is 11.7 Å². The molecule has 158 valence electrons. The van der Waals surface area contributed by atoms with E-state index in [0.717, 1.165) is 5.56 Å². The molecule has 1 aliphatic heterocycles. The number of hydrogen-bond acceptors (Lipinski definition) is 3. The normalized spacial score (nSPS) is 14.4.